The second-order valence-electron chi connectivity index (χ2n) is 8.83. The second kappa shape index (κ2) is 9.85. The molecular formula is C28H26FN3O5. The molecule has 8 nitrogen and oxygen atoms in total. The van der Waals surface area contributed by atoms with E-state index in [9.17, 15) is 14.0 Å². The number of amides is 2. The topological polar surface area (TPSA) is 97.9 Å². The molecule has 3 aromatic rings. The number of anilines is 3. The summed E-state index contributed by atoms with van der Waals surface area (Å²) in [5, 5.41) is 8.82. The van der Waals surface area contributed by atoms with Crippen LogP contribution in [0.2, 0.25) is 0 Å². The molecule has 0 saturated heterocycles. The molecule has 1 fully saturated rings. The number of halogens is 1. The van der Waals surface area contributed by atoms with E-state index in [1.807, 2.05) is 18.2 Å². The highest BCUT2D eigenvalue weighted by molar-refractivity contribution is 6.16. The molecule has 0 bridgehead atoms. The lowest BCUT2D eigenvalue weighted by Gasteiger charge is -2.22. The Labute approximate surface area is 213 Å². The van der Waals surface area contributed by atoms with E-state index in [2.05, 4.69) is 16.0 Å². The van der Waals surface area contributed by atoms with Crippen LogP contribution in [0.1, 0.15) is 18.4 Å². The Morgan fingerprint density at radius 3 is 2.00 bits per heavy atom. The van der Waals surface area contributed by atoms with Gasteiger partial charge >= 0.3 is 0 Å². The number of ether oxygens (including phenoxy) is 3. The van der Waals surface area contributed by atoms with E-state index in [1.165, 1.54) is 24.3 Å². The summed E-state index contributed by atoms with van der Waals surface area (Å²) < 4.78 is 30.1. The van der Waals surface area contributed by atoms with Gasteiger partial charge in [-0.25, -0.2) is 4.39 Å². The number of benzene rings is 3. The number of carbonyl (C=O) groups is 2. The maximum absolute atomic E-state index is 13.1. The van der Waals surface area contributed by atoms with Gasteiger partial charge in [-0.15, -0.1) is 0 Å². The van der Waals surface area contributed by atoms with Gasteiger partial charge in [0.25, 0.3) is 0 Å². The SMILES string of the molecule is COc1cc2c(cc1OC)C(Oc1ccc(NC(=O)C3(C(=O)Nc4ccc(F)cc4)CC3)cc1)=CCN2. The monoisotopic (exact) mass is 503 g/mol. The van der Waals surface area contributed by atoms with Gasteiger partial charge in [0.05, 0.1) is 14.2 Å². The van der Waals surface area contributed by atoms with Gasteiger partial charge in [-0.3, -0.25) is 9.59 Å². The molecule has 2 amide bonds. The molecule has 1 aliphatic heterocycles. The van der Waals surface area contributed by atoms with Gasteiger partial charge < -0.3 is 30.2 Å². The molecule has 0 atom stereocenters. The lowest BCUT2D eigenvalue weighted by atomic mass is 10.0. The average molecular weight is 504 g/mol. The van der Waals surface area contributed by atoms with Crippen LogP contribution in [0.5, 0.6) is 17.2 Å². The minimum Gasteiger partial charge on any atom is -0.493 e. The molecule has 1 heterocycles. The maximum Gasteiger partial charge on any atom is 0.240 e. The molecule has 3 N–H and O–H groups in total. The number of fused-ring (bicyclic) bond motifs is 1. The quantitative estimate of drug-likeness (QED) is 0.373. The molecule has 1 aliphatic carbocycles. The van der Waals surface area contributed by atoms with Crippen LogP contribution in [0.25, 0.3) is 5.76 Å². The van der Waals surface area contributed by atoms with Crippen LogP contribution in [0.15, 0.2) is 66.7 Å². The van der Waals surface area contributed by atoms with Crippen molar-refractivity contribution in [2.45, 2.75) is 12.8 Å². The summed E-state index contributed by atoms with van der Waals surface area (Å²) >= 11 is 0. The molecule has 0 aromatic heterocycles. The van der Waals surface area contributed by atoms with Crippen molar-refractivity contribution < 1.29 is 28.2 Å². The van der Waals surface area contributed by atoms with Crippen molar-refractivity contribution in [1.29, 1.82) is 0 Å². The van der Waals surface area contributed by atoms with Gasteiger partial charge in [0.2, 0.25) is 11.8 Å². The summed E-state index contributed by atoms with van der Waals surface area (Å²) in [6.07, 6.45) is 2.83. The first-order valence-electron chi connectivity index (χ1n) is 11.8. The van der Waals surface area contributed by atoms with E-state index in [0.29, 0.717) is 53.8 Å². The summed E-state index contributed by atoms with van der Waals surface area (Å²) in [5.41, 5.74) is 1.56. The summed E-state index contributed by atoms with van der Waals surface area (Å²) in [7, 11) is 3.17. The molecule has 0 radical (unpaired) electrons. The zero-order valence-electron chi connectivity index (χ0n) is 20.4. The Morgan fingerprint density at radius 1 is 0.865 bits per heavy atom. The lowest BCUT2D eigenvalue weighted by Crippen LogP contribution is -2.35. The van der Waals surface area contributed by atoms with Crippen molar-refractivity contribution >= 4 is 34.6 Å². The molecule has 190 valence electrons. The number of hydrogen-bond donors (Lipinski definition) is 3. The first kappa shape index (κ1) is 24.2. The smallest absolute Gasteiger partial charge is 0.240 e. The van der Waals surface area contributed by atoms with Crippen molar-refractivity contribution in [1.82, 2.24) is 0 Å². The molecular weight excluding hydrogens is 477 g/mol. The normalized spacial score (nSPS) is 14.8. The Hall–Kier alpha value is -4.53. The van der Waals surface area contributed by atoms with Gasteiger partial charge in [-0.2, -0.15) is 0 Å². The predicted octanol–water partition coefficient (Wildman–Crippen LogP) is 5.05. The van der Waals surface area contributed by atoms with Crippen molar-refractivity contribution in [2.75, 3.05) is 36.7 Å². The third kappa shape index (κ3) is 4.93. The van der Waals surface area contributed by atoms with Crippen molar-refractivity contribution in [2.24, 2.45) is 5.41 Å². The highest BCUT2D eigenvalue weighted by atomic mass is 19.1. The highest BCUT2D eigenvalue weighted by Gasteiger charge is 2.56. The zero-order chi connectivity index (χ0) is 26.0. The lowest BCUT2D eigenvalue weighted by molar-refractivity contribution is -0.131. The molecule has 3 aromatic carbocycles. The van der Waals surface area contributed by atoms with Crippen molar-refractivity contribution in [3.05, 3.63) is 78.1 Å². The summed E-state index contributed by atoms with van der Waals surface area (Å²) in [6.45, 7) is 0.591. The minimum absolute atomic E-state index is 0.378. The highest BCUT2D eigenvalue weighted by Crippen LogP contribution is 2.47. The largest absolute Gasteiger partial charge is 0.493 e. The summed E-state index contributed by atoms with van der Waals surface area (Å²) in [5.74, 6) is 1.29. The van der Waals surface area contributed by atoms with E-state index in [1.54, 1.807) is 38.5 Å². The molecule has 0 unspecified atom stereocenters. The van der Waals surface area contributed by atoms with Crippen LogP contribution < -0.4 is 30.2 Å². The molecule has 1 saturated carbocycles. The predicted molar refractivity (Wildman–Crippen MR) is 138 cm³/mol. The van der Waals surface area contributed by atoms with Crippen LogP contribution >= 0.6 is 0 Å². The third-order valence-electron chi connectivity index (χ3n) is 6.43. The standard InChI is InChI=1S/C28H26FN3O5/c1-35-24-15-21-22(16-25(24)36-2)30-14-11-23(21)37-20-9-7-19(8-10-20)32-27(34)28(12-13-28)26(33)31-18-5-3-17(29)4-6-18/h3-11,15-16,30H,12-14H2,1-2H3,(H,31,33)(H,32,34). The molecule has 37 heavy (non-hydrogen) atoms. The fraction of sp³-hybridized carbons (Fsp3) is 0.214. The number of nitrogens with one attached hydrogen (secondary N) is 3. The number of methoxy groups -OCH3 is 2. The molecule has 9 heteroatoms. The van der Waals surface area contributed by atoms with Crippen LogP contribution in [0.3, 0.4) is 0 Å². The fourth-order valence-electron chi connectivity index (χ4n) is 4.14. The first-order valence-corrected chi connectivity index (χ1v) is 11.8. The minimum atomic E-state index is -1.13. The first-order chi connectivity index (χ1) is 17.9. The summed E-state index contributed by atoms with van der Waals surface area (Å²) in [6, 6.07) is 16.1. The second-order valence-corrected chi connectivity index (χ2v) is 8.83. The van der Waals surface area contributed by atoms with Crippen molar-refractivity contribution in [3.63, 3.8) is 0 Å². The van der Waals surface area contributed by atoms with Crippen LogP contribution in [0, 0.1) is 11.2 Å². The van der Waals surface area contributed by atoms with Gasteiger partial charge in [0.1, 0.15) is 22.7 Å². The fourth-order valence-corrected chi connectivity index (χ4v) is 4.14. The van der Waals surface area contributed by atoms with Crippen LogP contribution in [-0.2, 0) is 9.59 Å². The average Bonchev–Trinajstić information content (AvgIpc) is 3.73. The zero-order valence-corrected chi connectivity index (χ0v) is 20.4. The number of hydrogen-bond acceptors (Lipinski definition) is 6. The van der Waals surface area contributed by atoms with E-state index < -0.39 is 17.1 Å². The molecule has 5 rings (SSSR count). The van der Waals surface area contributed by atoms with Gasteiger partial charge in [0, 0.05) is 35.2 Å². The third-order valence-corrected chi connectivity index (χ3v) is 6.43. The maximum atomic E-state index is 13.1. The van der Waals surface area contributed by atoms with Crippen LogP contribution in [0.4, 0.5) is 21.5 Å². The van der Waals surface area contributed by atoms with E-state index >= 15 is 0 Å². The molecule has 2 aliphatic rings. The van der Waals surface area contributed by atoms with Gasteiger partial charge in [0.15, 0.2) is 11.5 Å². The van der Waals surface area contributed by atoms with Gasteiger partial charge in [-0.05, 0) is 73.5 Å². The van der Waals surface area contributed by atoms with E-state index in [4.69, 9.17) is 14.2 Å². The van der Waals surface area contributed by atoms with Gasteiger partial charge in [-0.1, -0.05) is 0 Å². The van der Waals surface area contributed by atoms with E-state index in [0.717, 1.165) is 11.3 Å². The van der Waals surface area contributed by atoms with Crippen LogP contribution in [-0.4, -0.2) is 32.6 Å². The summed E-state index contributed by atoms with van der Waals surface area (Å²) in [4.78, 5) is 25.7. The Kier molecular flexibility index (Phi) is 6.43. The van der Waals surface area contributed by atoms with Crippen molar-refractivity contribution in [3.8, 4) is 17.2 Å². The number of rotatable bonds is 8. The Bertz CT molecular complexity index is 1370. The Balaban J connectivity index is 1.24. The molecule has 0 spiro atoms. The number of carbonyl (C=O) groups excluding carboxylic acids is 2. The Morgan fingerprint density at radius 2 is 1.43 bits per heavy atom. The van der Waals surface area contributed by atoms with E-state index in [-0.39, 0.29) is 5.91 Å².